The summed E-state index contributed by atoms with van der Waals surface area (Å²) in [7, 11) is 0. The van der Waals surface area contributed by atoms with E-state index in [1.54, 1.807) is 11.1 Å². The van der Waals surface area contributed by atoms with E-state index in [-0.39, 0.29) is 5.91 Å². The van der Waals surface area contributed by atoms with Crippen molar-refractivity contribution in [1.82, 2.24) is 10.4 Å². The third-order valence-electron chi connectivity index (χ3n) is 1.40. The molecule has 0 aliphatic carbocycles. The minimum Gasteiger partial charge on any atom is -0.330 e. The van der Waals surface area contributed by atoms with Gasteiger partial charge >= 0.3 is 0 Å². The molecule has 0 aliphatic rings. The molecule has 12 heavy (non-hydrogen) atoms. The molecule has 0 rings (SSSR count). The van der Waals surface area contributed by atoms with Gasteiger partial charge in [-0.25, -0.2) is 5.43 Å². The second-order valence-electron chi connectivity index (χ2n) is 2.33. The maximum absolute atomic E-state index is 11.2. The van der Waals surface area contributed by atoms with Crippen LogP contribution < -0.4 is 11.2 Å². The molecule has 0 aromatic heterocycles. The Bertz CT molecular complexity index is 147. The number of carbonyl (C=O) groups is 1. The maximum atomic E-state index is 11.2. The molecule has 0 aromatic carbocycles. The van der Waals surface area contributed by atoms with Crippen molar-refractivity contribution in [3.05, 3.63) is 12.7 Å². The van der Waals surface area contributed by atoms with Gasteiger partial charge in [-0.05, 0) is 6.92 Å². The third kappa shape index (κ3) is 4.10. The number of nitrogens with two attached hydrogens (primary N) is 1. The molecule has 1 amide bonds. The van der Waals surface area contributed by atoms with Gasteiger partial charge in [0.25, 0.3) is 0 Å². The first-order valence-electron chi connectivity index (χ1n) is 4.11. The molecule has 0 aliphatic heterocycles. The molecule has 0 spiro atoms. The summed E-state index contributed by atoms with van der Waals surface area (Å²) in [5, 5.41) is 1.55. The molecule has 0 radical (unpaired) electrons. The lowest BCUT2D eigenvalue weighted by Gasteiger charge is -2.20. The van der Waals surface area contributed by atoms with Gasteiger partial charge in [-0.2, -0.15) is 0 Å². The molecular weight excluding hydrogens is 154 g/mol. The van der Waals surface area contributed by atoms with E-state index < -0.39 is 0 Å². The zero-order valence-corrected chi connectivity index (χ0v) is 7.55. The highest BCUT2D eigenvalue weighted by Crippen LogP contribution is 1.87. The number of nitrogens with zero attached hydrogens (tertiary/aromatic N) is 1. The molecule has 70 valence electrons. The van der Waals surface area contributed by atoms with Gasteiger partial charge in [0.1, 0.15) is 0 Å². The Hall–Kier alpha value is -0.870. The molecule has 0 saturated heterocycles. The summed E-state index contributed by atoms with van der Waals surface area (Å²) in [5.74, 6) is 0.0295. The molecule has 0 atom stereocenters. The van der Waals surface area contributed by atoms with E-state index in [9.17, 15) is 4.79 Å². The number of hydrazine groups is 1. The monoisotopic (exact) mass is 171 g/mol. The van der Waals surface area contributed by atoms with Crippen LogP contribution in [0.1, 0.15) is 13.3 Å². The summed E-state index contributed by atoms with van der Waals surface area (Å²) >= 11 is 0. The number of rotatable bonds is 6. The van der Waals surface area contributed by atoms with Crippen LogP contribution in [0.5, 0.6) is 0 Å². The fraction of sp³-hybridized carbons (Fsp3) is 0.625. The van der Waals surface area contributed by atoms with E-state index in [1.165, 1.54) is 0 Å². The van der Waals surface area contributed by atoms with E-state index >= 15 is 0 Å². The van der Waals surface area contributed by atoms with Crippen molar-refractivity contribution in [3.8, 4) is 0 Å². The first-order valence-corrected chi connectivity index (χ1v) is 4.11. The topological polar surface area (TPSA) is 58.4 Å². The Kier molecular flexibility index (Phi) is 6.32. The third-order valence-corrected chi connectivity index (χ3v) is 1.40. The highest BCUT2D eigenvalue weighted by atomic mass is 16.2. The van der Waals surface area contributed by atoms with Crippen molar-refractivity contribution >= 4 is 5.91 Å². The predicted molar refractivity (Wildman–Crippen MR) is 49.3 cm³/mol. The van der Waals surface area contributed by atoms with Crippen LogP contribution in [0.4, 0.5) is 0 Å². The van der Waals surface area contributed by atoms with Crippen LogP contribution in [0.3, 0.4) is 0 Å². The fourth-order valence-corrected chi connectivity index (χ4v) is 0.810. The van der Waals surface area contributed by atoms with Gasteiger partial charge < -0.3 is 5.73 Å². The fourth-order valence-electron chi connectivity index (χ4n) is 0.810. The van der Waals surface area contributed by atoms with E-state index in [0.717, 1.165) is 0 Å². The van der Waals surface area contributed by atoms with Crippen molar-refractivity contribution in [3.63, 3.8) is 0 Å². The van der Waals surface area contributed by atoms with Gasteiger partial charge in [0.05, 0.1) is 0 Å². The van der Waals surface area contributed by atoms with Crippen LogP contribution in [-0.2, 0) is 4.79 Å². The van der Waals surface area contributed by atoms with Gasteiger partial charge in [-0.3, -0.25) is 9.80 Å². The maximum Gasteiger partial charge on any atom is 0.237 e. The highest BCUT2D eigenvalue weighted by Gasteiger charge is 2.07. The molecule has 0 unspecified atom stereocenters. The minimum absolute atomic E-state index is 0.0295. The zero-order chi connectivity index (χ0) is 9.40. The molecule has 4 nitrogen and oxygen atoms in total. The Morgan fingerprint density at radius 3 is 2.83 bits per heavy atom. The Labute approximate surface area is 73.4 Å². The average Bonchev–Trinajstić information content (AvgIpc) is 2.06. The van der Waals surface area contributed by atoms with Crippen LogP contribution in [0.25, 0.3) is 0 Å². The number of amides is 1. The Morgan fingerprint density at radius 2 is 2.42 bits per heavy atom. The summed E-state index contributed by atoms with van der Waals surface area (Å²) in [5.41, 5.74) is 8.17. The average molecular weight is 171 g/mol. The molecule has 0 heterocycles. The van der Waals surface area contributed by atoms with Crippen molar-refractivity contribution in [2.24, 2.45) is 5.73 Å². The minimum atomic E-state index is 0.0295. The van der Waals surface area contributed by atoms with Crippen molar-refractivity contribution in [2.75, 3.05) is 19.6 Å². The summed E-state index contributed by atoms with van der Waals surface area (Å²) in [6.07, 6.45) is 2.09. The zero-order valence-electron chi connectivity index (χ0n) is 7.55. The standard InChI is InChI=1S/C8H17N3O/c1-3-7-10-11(4-2)8(12)5-6-9/h3,10H,1,4-7,9H2,2H3. The van der Waals surface area contributed by atoms with E-state index in [4.69, 9.17) is 5.73 Å². The van der Waals surface area contributed by atoms with Crippen LogP contribution in [0.2, 0.25) is 0 Å². The van der Waals surface area contributed by atoms with E-state index in [0.29, 0.717) is 26.1 Å². The Balaban J connectivity index is 3.78. The van der Waals surface area contributed by atoms with Crippen LogP contribution >= 0.6 is 0 Å². The smallest absolute Gasteiger partial charge is 0.237 e. The normalized spacial score (nSPS) is 9.50. The highest BCUT2D eigenvalue weighted by molar-refractivity contribution is 5.75. The lowest BCUT2D eigenvalue weighted by Crippen LogP contribution is -2.43. The molecule has 0 saturated carbocycles. The lowest BCUT2D eigenvalue weighted by atomic mass is 10.4. The largest absolute Gasteiger partial charge is 0.330 e. The van der Waals surface area contributed by atoms with Gasteiger partial charge in [0.2, 0.25) is 5.91 Å². The SMILES string of the molecule is C=CCNN(CC)C(=O)CCN. The van der Waals surface area contributed by atoms with Gasteiger partial charge in [0, 0.05) is 26.1 Å². The molecule has 0 fully saturated rings. The van der Waals surface area contributed by atoms with Crippen molar-refractivity contribution < 1.29 is 4.79 Å². The van der Waals surface area contributed by atoms with E-state index in [2.05, 4.69) is 12.0 Å². The van der Waals surface area contributed by atoms with Gasteiger partial charge in [-0.15, -0.1) is 6.58 Å². The number of hydrogen-bond acceptors (Lipinski definition) is 3. The summed E-state index contributed by atoms with van der Waals surface area (Å²) in [4.78, 5) is 11.2. The second kappa shape index (κ2) is 6.82. The molecule has 0 bridgehead atoms. The summed E-state index contributed by atoms with van der Waals surface area (Å²) in [6.45, 7) is 7.10. The second-order valence-corrected chi connectivity index (χ2v) is 2.33. The van der Waals surface area contributed by atoms with Crippen LogP contribution in [-0.4, -0.2) is 30.6 Å². The first-order chi connectivity index (χ1) is 5.76. The summed E-state index contributed by atoms with van der Waals surface area (Å²) < 4.78 is 0. The molecule has 0 aromatic rings. The van der Waals surface area contributed by atoms with Crippen LogP contribution in [0, 0.1) is 0 Å². The predicted octanol–water partition coefficient (Wildman–Crippen LogP) is -0.126. The van der Waals surface area contributed by atoms with Crippen molar-refractivity contribution in [2.45, 2.75) is 13.3 Å². The Morgan fingerprint density at radius 1 is 1.75 bits per heavy atom. The van der Waals surface area contributed by atoms with E-state index in [1.807, 2.05) is 6.92 Å². The molecular formula is C8H17N3O. The number of carbonyl (C=O) groups excluding carboxylic acids is 1. The summed E-state index contributed by atoms with van der Waals surface area (Å²) in [6, 6.07) is 0. The van der Waals surface area contributed by atoms with Gasteiger partial charge in [-0.1, -0.05) is 6.08 Å². The van der Waals surface area contributed by atoms with Gasteiger partial charge in [0.15, 0.2) is 0 Å². The number of hydrogen-bond donors (Lipinski definition) is 2. The van der Waals surface area contributed by atoms with Crippen LogP contribution in [0.15, 0.2) is 12.7 Å². The van der Waals surface area contributed by atoms with Crippen molar-refractivity contribution in [1.29, 1.82) is 0 Å². The quantitative estimate of drug-likeness (QED) is 0.432. The first kappa shape index (κ1) is 11.1. The molecule has 4 heteroatoms. The lowest BCUT2D eigenvalue weighted by molar-refractivity contribution is -0.133. The number of nitrogens with one attached hydrogen (secondary N) is 1. The molecule has 3 N–H and O–H groups in total.